The molecule has 1 fully saturated rings. The van der Waals surface area contributed by atoms with E-state index < -0.39 is 5.60 Å². The molecule has 0 saturated heterocycles. The molecule has 31 heavy (non-hydrogen) atoms. The first kappa shape index (κ1) is 21.8. The van der Waals surface area contributed by atoms with Crippen molar-refractivity contribution in [2.75, 3.05) is 19.6 Å². The van der Waals surface area contributed by atoms with E-state index in [0.717, 1.165) is 51.7 Å². The minimum atomic E-state index is -1.45. The number of aliphatic hydroxyl groups is 1. The molecule has 1 atom stereocenters. The fraction of sp³-hybridized carbons (Fsp3) is 0.444. The van der Waals surface area contributed by atoms with Crippen molar-refractivity contribution in [3.05, 3.63) is 83.4 Å². The van der Waals surface area contributed by atoms with Crippen LogP contribution in [0.1, 0.15) is 49.7 Å². The Bertz CT molecular complexity index is 875. The number of hydrogen-bond donors (Lipinski definition) is 2. The zero-order chi connectivity index (χ0) is 21.5. The highest BCUT2D eigenvalue weighted by atomic mass is 16.3. The lowest BCUT2D eigenvalue weighted by molar-refractivity contribution is -0.149. The largest absolute Gasteiger partial charge is 0.375 e. The summed E-state index contributed by atoms with van der Waals surface area (Å²) in [6.45, 7) is 3.35. The normalized spacial score (nSPS) is 20.0. The van der Waals surface area contributed by atoms with Crippen molar-refractivity contribution < 1.29 is 9.90 Å². The lowest BCUT2D eigenvalue weighted by Crippen LogP contribution is -2.50. The number of benzene rings is 2. The molecule has 0 radical (unpaired) electrons. The number of nitrogens with one attached hydrogen (secondary N) is 1. The molecule has 1 heterocycles. The summed E-state index contributed by atoms with van der Waals surface area (Å²) >= 11 is 0. The highest BCUT2D eigenvalue weighted by Gasteiger charge is 2.45. The third-order valence-electron chi connectivity index (χ3n) is 6.87. The highest BCUT2D eigenvalue weighted by molar-refractivity contribution is 5.87. The van der Waals surface area contributed by atoms with Crippen LogP contribution in [0.25, 0.3) is 0 Å². The fourth-order valence-corrected chi connectivity index (χ4v) is 4.99. The summed E-state index contributed by atoms with van der Waals surface area (Å²) < 4.78 is 0. The lowest BCUT2D eigenvalue weighted by Gasteiger charge is -2.38. The molecule has 2 aromatic rings. The van der Waals surface area contributed by atoms with Crippen LogP contribution in [0.15, 0.2) is 72.3 Å². The number of carbonyl (C=O) groups excluding carboxylic acids is 1. The molecule has 0 bridgehead atoms. The molecule has 1 aliphatic carbocycles. The van der Waals surface area contributed by atoms with Crippen LogP contribution in [0.5, 0.6) is 0 Å². The number of carbonyl (C=O) groups is 1. The smallest absolute Gasteiger partial charge is 0.257 e. The van der Waals surface area contributed by atoms with Crippen molar-refractivity contribution in [2.24, 2.45) is 5.92 Å². The van der Waals surface area contributed by atoms with E-state index in [2.05, 4.69) is 40.6 Å². The Kier molecular flexibility index (Phi) is 7.21. The predicted molar refractivity (Wildman–Crippen MR) is 124 cm³/mol. The van der Waals surface area contributed by atoms with Crippen LogP contribution in [-0.2, 0) is 16.9 Å². The zero-order valence-corrected chi connectivity index (χ0v) is 18.3. The van der Waals surface area contributed by atoms with Gasteiger partial charge >= 0.3 is 0 Å². The monoisotopic (exact) mass is 418 g/mol. The molecule has 2 aromatic carbocycles. The summed E-state index contributed by atoms with van der Waals surface area (Å²) in [5, 5.41) is 14.7. The number of hydrogen-bond acceptors (Lipinski definition) is 3. The van der Waals surface area contributed by atoms with Crippen molar-refractivity contribution in [3.63, 3.8) is 0 Å². The van der Waals surface area contributed by atoms with E-state index in [9.17, 15) is 9.90 Å². The van der Waals surface area contributed by atoms with Gasteiger partial charge in [-0.3, -0.25) is 9.69 Å². The van der Waals surface area contributed by atoms with E-state index in [1.807, 2.05) is 36.4 Å². The van der Waals surface area contributed by atoms with Gasteiger partial charge in [0.05, 0.1) is 0 Å². The summed E-state index contributed by atoms with van der Waals surface area (Å²) in [6, 6.07) is 20.0. The van der Waals surface area contributed by atoms with Crippen LogP contribution < -0.4 is 5.32 Å². The minimum absolute atomic E-state index is 0.0228. The number of rotatable bonds is 7. The maximum Gasteiger partial charge on any atom is 0.257 e. The van der Waals surface area contributed by atoms with E-state index in [4.69, 9.17) is 0 Å². The molecule has 1 saturated carbocycles. The maximum atomic E-state index is 13.3. The van der Waals surface area contributed by atoms with Gasteiger partial charge in [0.15, 0.2) is 5.60 Å². The van der Waals surface area contributed by atoms with Gasteiger partial charge in [-0.05, 0) is 30.4 Å². The summed E-state index contributed by atoms with van der Waals surface area (Å²) in [5.41, 5.74) is 1.84. The minimum Gasteiger partial charge on any atom is -0.375 e. The van der Waals surface area contributed by atoms with E-state index >= 15 is 0 Å². The van der Waals surface area contributed by atoms with Gasteiger partial charge in [-0.1, -0.05) is 91.6 Å². The van der Waals surface area contributed by atoms with Crippen molar-refractivity contribution in [2.45, 2.75) is 50.7 Å². The Morgan fingerprint density at radius 3 is 2.32 bits per heavy atom. The molecule has 0 spiro atoms. The van der Waals surface area contributed by atoms with Crippen LogP contribution in [0.4, 0.5) is 0 Å². The molecule has 0 aromatic heterocycles. The second kappa shape index (κ2) is 10.3. The van der Waals surface area contributed by atoms with Gasteiger partial charge in [0.25, 0.3) is 5.91 Å². The number of nitrogens with zero attached hydrogens (tertiary/aromatic N) is 1. The average Bonchev–Trinajstić information content (AvgIpc) is 2.84. The van der Waals surface area contributed by atoms with Crippen LogP contribution in [-0.4, -0.2) is 35.5 Å². The predicted octanol–water partition coefficient (Wildman–Crippen LogP) is 4.40. The molecule has 4 heteroatoms. The van der Waals surface area contributed by atoms with Gasteiger partial charge < -0.3 is 10.4 Å². The van der Waals surface area contributed by atoms with E-state index in [1.165, 1.54) is 17.6 Å². The summed E-state index contributed by atoms with van der Waals surface area (Å²) in [7, 11) is 0. The standard InChI is InChI=1S/C27H34N2O2/c30-26(27(31,24-12-6-2-7-13-24)25-14-8-3-9-15-25)28-20-22-16-18-29(19-17-22)21-23-10-4-1-5-11-23/h1-2,4-7,10-13,16,25,31H,3,8-9,14-15,17-21H2,(H,28,30). The average molecular weight is 419 g/mol. The van der Waals surface area contributed by atoms with E-state index in [1.54, 1.807) is 0 Å². The topological polar surface area (TPSA) is 52.6 Å². The van der Waals surface area contributed by atoms with Gasteiger partial charge in [0.2, 0.25) is 0 Å². The van der Waals surface area contributed by atoms with Gasteiger partial charge in [0, 0.05) is 32.1 Å². The second-order valence-electron chi connectivity index (χ2n) is 8.98. The maximum absolute atomic E-state index is 13.3. The van der Waals surface area contributed by atoms with Crippen molar-refractivity contribution in [1.29, 1.82) is 0 Å². The Morgan fingerprint density at radius 2 is 1.68 bits per heavy atom. The SMILES string of the molecule is O=C(NCC1=CCN(Cc2ccccc2)CC1)C(O)(c1ccccc1)C1CCCCC1. The lowest BCUT2D eigenvalue weighted by atomic mass is 9.73. The van der Waals surface area contributed by atoms with Gasteiger partial charge in [-0.2, -0.15) is 0 Å². The molecular weight excluding hydrogens is 384 g/mol. The Labute approximate surface area is 186 Å². The van der Waals surface area contributed by atoms with Crippen LogP contribution >= 0.6 is 0 Å². The van der Waals surface area contributed by atoms with Crippen LogP contribution in [0, 0.1) is 5.92 Å². The van der Waals surface area contributed by atoms with Crippen molar-refractivity contribution in [1.82, 2.24) is 10.2 Å². The first-order valence-corrected chi connectivity index (χ1v) is 11.7. The van der Waals surface area contributed by atoms with Gasteiger partial charge in [0.1, 0.15) is 0 Å². The van der Waals surface area contributed by atoms with Crippen LogP contribution in [0.2, 0.25) is 0 Å². The van der Waals surface area contributed by atoms with Gasteiger partial charge in [-0.15, -0.1) is 0 Å². The Balaban J connectivity index is 1.38. The summed E-state index contributed by atoms with van der Waals surface area (Å²) in [6.07, 6.45) is 8.32. The molecule has 4 nitrogen and oxygen atoms in total. The first-order chi connectivity index (χ1) is 15.2. The summed E-state index contributed by atoms with van der Waals surface area (Å²) in [4.78, 5) is 15.7. The Morgan fingerprint density at radius 1 is 1.00 bits per heavy atom. The van der Waals surface area contributed by atoms with Crippen LogP contribution in [0.3, 0.4) is 0 Å². The molecule has 2 aliphatic rings. The second-order valence-corrected chi connectivity index (χ2v) is 8.98. The van der Waals surface area contributed by atoms with Crippen molar-refractivity contribution in [3.8, 4) is 0 Å². The third kappa shape index (κ3) is 5.25. The molecule has 164 valence electrons. The molecular formula is C27H34N2O2. The quantitative estimate of drug-likeness (QED) is 0.655. The van der Waals surface area contributed by atoms with Gasteiger partial charge in [-0.25, -0.2) is 0 Å². The third-order valence-corrected chi connectivity index (χ3v) is 6.87. The summed E-state index contributed by atoms with van der Waals surface area (Å²) in [5.74, 6) is -0.274. The Hall–Kier alpha value is -2.43. The molecule has 1 amide bonds. The molecule has 4 rings (SSSR count). The van der Waals surface area contributed by atoms with Crippen molar-refractivity contribution >= 4 is 5.91 Å². The molecule has 1 aliphatic heterocycles. The molecule has 2 N–H and O–H groups in total. The van der Waals surface area contributed by atoms with E-state index in [-0.39, 0.29) is 11.8 Å². The fourth-order valence-electron chi connectivity index (χ4n) is 4.99. The molecule has 1 unspecified atom stereocenters. The van der Waals surface area contributed by atoms with E-state index in [0.29, 0.717) is 12.1 Å². The highest BCUT2D eigenvalue weighted by Crippen LogP contribution is 2.39. The number of amides is 1. The zero-order valence-electron chi connectivity index (χ0n) is 18.3. The first-order valence-electron chi connectivity index (χ1n) is 11.7.